The van der Waals surface area contributed by atoms with E-state index in [1.807, 2.05) is 0 Å². The molecule has 0 fully saturated rings. The van der Waals surface area contributed by atoms with Gasteiger partial charge in [-0.3, -0.25) is 0 Å². The molecule has 4 bridgehead atoms. The van der Waals surface area contributed by atoms with Gasteiger partial charge in [0.05, 0.1) is 5.41 Å². The van der Waals surface area contributed by atoms with Gasteiger partial charge in [-0.25, -0.2) is 0 Å². The minimum atomic E-state index is -0.485. The molecule has 4 heterocycles. The number of benzene rings is 2. The Balaban J connectivity index is 1.87. The molecular weight excluding hydrogens is 604 g/mol. The van der Waals surface area contributed by atoms with Crippen molar-refractivity contribution in [1.82, 2.24) is 0 Å². The van der Waals surface area contributed by atoms with Crippen LogP contribution in [0.25, 0.3) is 0 Å². The molecule has 27 heavy (non-hydrogen) atoms. The van der Waals surface area contributed by atoms with Gasteiger partial charge >= 0.3 is 0 Å². The molecule has 2 aromatic rings. The highest BCUT2D eigenvalue weighted by Gasteiger charge is 2.53. The second-order valence-electron chi connectivity index (χ2n) is 7.38. The maximum absolute atomic E-state index is 6.25. The van der Waals surface area contributed by atoms with Crippen LogP contribution in [-0.2, 0) is 31.1 Å². The zero-order chi connectivity index (χ0) is 18.8. The Kier molecular flexibility index (Phi) is 4.74. The molecule has 2 aliphatic carbocycles. The summed E-state index contributed by atoms with van der Waals surface area (Å²) in [5.41, 5.74) is 8.12. The number of hydrogen-bond donors (Lipinski definition) is 0. The Morgan fingerprint density at radius 1 is 0.815 bits per heavy atom. The number of ether oxygens (including phenoxy) is 2. The van der Waals surface area contributed by atoms with Crippen LogP contribution in [0, 0.1) is 0 Å². The highest BCUT2D eigenvalue weighted by atomic mass is 80.0. The monoisotopic (exact) mass is 618 g/mol. The van der Waals surface area contributed by atoms with Crippen LogP contribution in [0.5, 0.6) is 11.5 Å². The van der Waals surface area contributed by atoms with E-state index in [0.717, 1.165) is 42.5 Å². The summed E-state index contributed by atoms with van der Waals surface area (Å²) in [6.07, 6.45) is 4.42. The second-order valence-corrected chi connectivity index (χ2v) is 14.7. The summed E-state index contributed by atoms with van der Waals surface area (Å²) in [6.45, 7) is 1.15. The number of halogens is 4. The van der Waals surface area contributed by atoms with Gasteiger partial charge in [0, 0.05) is 5.33 Å². The maximum atomic E-state index is 6.25. The van der Waals surface area contributed by atoms with E-state index in [1.165, 1.54) is 33.4 Å². The molecule has 1 atom stereocenters. The highest BCUT2D eigenvalue weighted by molar-refractivity contribution is 9.39. The van der Waals surface area contributed by atoms with Crippen molar-refractivity contribution in [1.29, 1.82) is 0 Å². The summed E-state index contributed by atoms with van der Waals surface area (Å²) < 4.78 is 11.7. The van der Waals surface area contributed by atoms with Crippen LogP contribution in [0.2, 0.25) is 0 Å². The van der Waals surface area contributed by atoms with Crippen LogP contribution in [0.4, 0.5) is 0 Å². The molecule has 2 nitrogen and oxygen atoms in total. The van der Waals surface area contributed by atoms with Gasteiger partial charge in [-0.05, 0) is 71.2 Å². The van der Waals surface area contributed by atoms with E-state index in [0.29, 0.717) is 13.2 Å². The van der Waals surface area contributed by atoms with E-state index in [-0.39, 0.29) is 5.41 Å². The van der Waals surface area contributed by atoms with Gasteiger partial charge in [0.1, 0.15) is 26.9 Å². The first-order valence-corrected chi connectivity index (χ1v) is 12.7. The van der Waals surface area contributed by atoms with Crippen LogP contribution in [0.15, 0.2) is 24.3 Å². The van der Waals surface area contributed by atoms with Crippen molar-refractivity contribution in [2.24, 2.45) is 0 Å². The first kappa shape index (κ1) is 19.0. The minimum Gasteiger partial charge on any atom is -0.490 e. The lowest BCUT2D eigenvalue weighted by Crippen LogP contribution is -2.46. The summed E-state index contributed by atoms with van der Waals surface area (Å²) in [5.74, 6) is 2.02. The molecule has 0 radical (unpaired) electrons. The van der Waals surface area contributed by atoms with Crippen molar-refractivity contribution in [3.8, 4) is 11.5 Å². The van der Waals surface area contributed by atoms with Crippen molar-refractivity contribution < 1.29 is 9.47 Å². The van der Waals surface area contributed by atoms with E-state index in [1.54, 1.807) is 0 Å². The third-order valence-corrected chi connectivity index (χ3v) is 9.06. The van der Waals surface area contributed by atoms with Crippen molar-refractivity contribution in [2.75, 3.05) is 18.5 Å². The maximum Gasteiger partial charge on any atom is 0.149 e. The van der Waals surface area contributed by atoms with Gasteiger partial charge < -0.3 is 9.47 Å². The molecule has 1 unspecified atom stereocenters. The van der Waals surface area contributed by atoms with Crippen LogP contribution in [0.3, 0.4) is 0 Å². The van der Waals surface area contributed by atoms with E-state index in [9.17, 15) is 0 Å². The normalized spacial score (nSPS) is 22.8. The standard InChI is InChI=1S/C21H18Br4O2/c22-11-20(21(23,24)25)12-1-3-13(4-2-12)26-9-10-27-19-16-7-5-14(16)18(20)15-6-8-17(15)19/h1-4H,5-11H2. The minimum absolute atomic E-state index is 0.312. The zero-order valence-electron chi connectivity index (χ0n) is 14.6. The quantitative estimate of drug-likeness (QED) is 0.355. The van der Waals surface area contributed by atoms with Crippen LogP contribution < -0.4 is 9.47 Å². The molecule has 8 rings (SSSR count). The average Bonchev–Trinajstić information content (AvgIpc) is 2.57. The average molecular weight is 622 g/mol. The third kappa shape index (κ3) is 2.65. The smallest absolute Gasteiger partial charge is 0.149 e. The molecule has 142 valence electrons. The number of rotatable bonds is 1. The van der Waals surface area contributed by atoms with Crippen molar-refractivity contribution in [3.63, 3.8) is 0 Å². The molecule has 6 heteroatoms. The number of alkyl halides is 4. The molecule has 0 saturated heterocycles. The van der Waals surface area contributed by atoms with E-state index >= 15 is 0 Å². The molecule has 0 saturated carbocycles. The van der Waals surface area contributed by atoms with Crippen molar-refractivity contribution in [3.05, 3.63) is 57.6 Å². The third-order valence-electron chi connectivity index (χ3n) is 6.19. The molecule has 6 aliphatic rings. The molecule has 0 aromatic heterocycles. The van der Waals surface area contributed by atoms with E-state index in [2.05, 4.69) is 88.0 Å². The van der Waals surface area contributed by atoms with Gasteiger partial charge in [-0.15, -0.1) is 0 Å². The van der Waals surface area contributed by atoms with Gasteiger partial charge in [0.2, 0.25) is 0 Å². The second kappa shape index (κ2) is 6.75. The molecule has 0 amide bonds. The van der Waals surface area contributed by atoms with Crippen LogP contribution in [0.1, 0.15) is 33.4 Å². The Bertz CT molecular complexity index is 884. The Labute approximate surface area is 192 Å². The first-order valence-electron chi connectivity index (χ1n) is 9.16. The first-order chi connectivity index (χ1) is 13.0. The largest absolute Gasteiger partial charge is 0.490 e. The Hall–Kier alpha value is -0.0400. The zero-order valence-corrected chi connectivity index (χ0v) is 20.9. The molecule has 2 aromatic carbocycles. The summed E-state index contributed by atoms with van der Waals surface area (Å²) in [7, 11) is 0. The summed E-state index contributed by atoms with van der Waals surface area (Å²) in [4.78, 5) is 0. The van der Waals surface area contributed by atoms with Gasteiger partial charge in [-0.1, -0.05) is 75.9 Å². The van der Waals surface area contributed by atoms with Crippen LogP contribution >= 0.6 is 63.7 Å². The fourth-order valence-electron chi connectivity index (χ4n) is 4.66. The lowest BCUT2D eigenvalue weighted by molar-refractivity contribution is 0.213. The summed E-state index contributed by atoms with van der Waals surface area (Å²) in [5, 5.41) is 0.779. The van der Waals surface area contributed by atoms with Gasteiger partial charge in [0.25, 0.3) is 0 Å². The number of hydrogen-bond acceptors (Lipinski definition) is 2. The predicted molar refractivity (Wildman–Crippen MR) is 123 cm³/mol. The van der Waals surface area contributed by atoms with Gasteiger partial charge in [0.15, 0.2) is 0 Å². The topological polar surface area (TPSA) is 18.5 Å². The summed E-state index contributed by atoms with van der Waals surface area (Å²) >= 11 is 15.7. The van der Waals surface area contributed by atoms with E-state index in [4.69, 9.17) is 9.47 Å². The van der Waals surface area contributed by atoms with E-state index < -0.39 is 2.14 Å². The summed E-state index contributed by atoms with van der Waals surface area (Å²) in [6, 6.07) is 8.51. The fraction of sp³-hybridized carbons (Fsp3) is 0.429. The fourth-order valence-corrected chi connectivity index (χ4v) is 8.52. The molecular formula is C21H18Br4O2. The molecule has 0 spiro atoms. The SMILES string of the molecule is BrCC1(C(Br)(Br)Br)c2ccc(cc2)OCCOc2c3c(c1c1c2CC1)CC3. The molecule has 0 N–H and O–H groups in total. The Morgan fingerprint density at radius 3 is 1.85 bits per heavy atom. The van der Waals surface area contributed by atoms with Crippen molar-refractivity contribution in [2.45, 2.75) is 33.2 Å². The van der Waals surface area contributed by atoms with Gasteiger partial charge in [-0.2, -0.15) is 0 Å². The molecule has 4 aliphatic heterocycles. The Morgan fingerprint density at radius 2 is 1.37 bits per heavy atom. The lowest BCUT2D eigenvalue weighted by Gasteiger charge is -2.47. The van der Waals surface area contributed by atoms with Crippen LogP contribution in [-0.4, -0.2) is 20.7 Å². The lowest BCUT2D eigenvalue weighted by atomic mass is 9.64. The van der Waals surface area contributed by atoms with Crippen molar-refractivity contribution >= 4 is 63.7 Å². The predicted octanol–water partition coefficient (Wildman–Crippen LogP) is 6.17. The highest BCUT2D eigenvalue weighted by Crippen LogP contribution is 2.60.